The van der Waals surface area contributed by atoms with Crippen LogP contribution in [0.2, 0.25) is 0 Å². The number of rotatable bonds is 3. The molecule has 2 atom stereocenters. The number of anilines is 2. The first-order valence-electron chi connectivity index (χ1n) is 7.07. The Morgan fingerprint density at radius 3 is 2.89 bits per heavy atom. The van der Waals surface area contributed by atoms with E-state index in [4.69, 9.17) is 10.4 Å². The van der Waals surface area contributed by atoms with Crippen molar-refractivity contribution in [3.8, 4) is 0 Å². The van der Waals surface area contributed by atoms with Crippen molar-refractivity contribution in [1.82, 2.24) is 10.3 Å². The van der Waals surface area contributed by atoms with E-state index in [1.165, 1.54) is 32.1 Å². The summed E-state index contributed by atoms with van der Waals surface area (Å²) in [5, 5.41) is 11.4. The Morgan fingerprint density at radius 2 is 2.05 bits per heavy atom. The summed E-state index contributed by atoms with van der Waals surface area (Å²) in [6, 6.07) is 4.35. The minimum Gasteiger partial charge on any atom is -0.397 e. The second kappa shape index (κ2) is 5.07. The van der Waals surface area contributed by atoms with Crippen LogP contribution >= 0.6 is 0 Å². The van der Waals surface area contributed by atoms with Crippen LogP contribution in [0.25, 0.3) is 11.0 Å². The van der Waals surface area contributed by atoms with Crippen molar-refractivity contribution in [3.05, 3.63) is 12.1 Å². The first kappa shape index (κ1) is 12.3. The highest BCUT2D eigenvalue weighted by atomic mass is 16.6. The number of nitrogen functional groups attached to an aromatic ring is 1. The molecule has 1 heterocycles. The van der Waals surface area contributed by atoms with Gasteiger partial charge < -0.3 is 11.1 Å². The molecule has 0 radical (unpaired) electrons. The zero-order chi connectivity index (χ0) is 13.2. The van der Waals surface area contributed by atoms with E-state index >= 15 is 0 Å². The maximum absolute atomic E-state index is 5.87. The molecular weight excluding hydrogens is 240 g/mol. The standard InChI is InChI=1S/C14H20N4O/c1-2-9-5-3-4-6-11(9)16-12-8-7-10(15)13-14(12)18-19-17-13/h7-9,11,16H,2-6,15H2,1H3. The van der Waals surface area contributed by atoms with Crippen LogP contribution in [0.1, 0.15) is 39.0 Å². The normalized spacial score (nSPS) is 23.6. The van der Waals surface area contributed by atoms with Crippen LogP contribution in [0.15, 0.2) is 16.8 Å². The van der Waals surface area contributed by atoms with Crippen LogP contribution in [-0.2, 0) is 0 Å². The van der Waals surface area contributed by atoms with Crippen LogP contribution < -0.4 is 11.1 Å². The van der Waals surface area contributed by atoms with E-state index in [1.54, 1.807) is 0 Å². The van der Waals surface area contributed by atoms with Crippen molar-refractivity contribution >= 4 is 22.4 Å². The summed E-state index contributed by atoms with van der Waals surface area (Å²) in [5.41, 5.74) is 8.84. The molecule has 1 aromatic carbocycles. The lowest BCUT2D eigenvalue weighted by atomic mass is 9.83. The fourth-order valence-electron chi connectivity index (χ4n) is 3.09. The minimum atomic E-state index is 0.516. The number of hydrogen-bond donors (Lipinski definition) is 2. The molecule has 1 aromatic heterocycles. The molecule has 3 N–H and O–H groups in total. The highest BCUT2D eigenvalue weighted by Gasteiger charge is 2.24. The van der Waals surface area contributed by atoms with Gasteiger partial charge in [0.05, 0.1) is 11.4 Å². The first-order valence-corrected chi connectivity index (χ1v) is 7.07. The molecule has 0 bridgehead atoms. The van der Waals surface area contributed by atoms with Gasteiger partial charge >= 0.3 is 0 Å². The van der Waals surface area contributed by atoms with E-state index in [9.17, 15) is 0 Å². The average molecular weight is 260 g/mol. The number of nitrogens with two attached hydrogens (primary N) is 1. The second-order valence-corrected chi connectivity index (χ2v) is 5.37. The third-order valence-corrected chi connectivity index (χ3v) is 4.22. The van der Waals surface area contributed by atoms with Gasteiger partial charge in [-0.25, -0.2) is 4.63 Å². The van der Waals surface area contributed by atoms with Crippen molar-refractivity contribution in [2.75, 3.05) is 11.1 Å². The lowest BCUT2D eigenvalue weighted by Crippen LogP contribution is -2.31. The predicted octanol–water partition coefficient (Wildman–Crippen LogP) is 3.19. The molecule has 1 saturated carbocycles. The molecule has 2 unspecified atom stereocenters. The van der Waals surface area contributed by atoms with Gasteiger partial charge in [0.15, 0.2) is 11.0 Å². The van der Waals surface area contributed by atoms with Gasteiger partial charge in [-0.3, -0.25) is 0 Å². The number of nitrogens with one attached hydrogen (secondary N) is 1. The summed E-state index contributed by atoms with van der Waals surface area (Å²) in [6.07, 6.45) is 6.38. The lowest BCUT2D eigenvalue weighted by molar-refractivity contribution is 0.314. The Kier molecular flexibility index (Phi) is 3.27. The van der Waals surface area contributed by atoms with Gasteiger partial charge in [-0.2, -0.15) is 0 Å². The quantitative estimate of drug-likeness (QED) is 0.829. The summed E-state index contributed by atoms with van der Waals surface area (Å²) < 4.78 is 4.81. The third-order valence-electron chi connectivity index (χ3n) is 4.22. The van der Waals surface area contributed by atoms with Gasteiger partial charge in [-0.15, -0.1) is 0 Å². The van der Waals surface area contributed by atoms with Crippen molar-refractivity contribution in [2.45, 2.75) is 45.1 Å². The molecule has 1 aliphatic rings. The van der Waals surface area contributed by atoms with Crippen molar-refractivity contribution in [3.63, 3.8) is 0 Å². The van der Waals surface area contributed by atoms with Gasteiger partial charge in [0.25, 0.3) is 0 Å². The molecule has 5 heteroatoms. The third kappa shape index (κ3) is 2.25. The lowest BCUT2D eigenvalue weighted by Gasteiger charge is -2.32. The Bertz CT molecular complexity index is 566. The number of aromatic nitrogens is 2. The van der Waals surface area contributed by atoms with Gasteiger partial charge in [0.1, 0.15) is 0 Å². The molecule has 1 fully saturated rings. The smallest absolute Gasteiger partial charge is 0.160 e. The summed E-state index contributed by atoms with van der Waals surface area (Å²) in [6.45, 7) is 2.26. The van der Waals surface area contributed by atoms with Gasteiger partial charge in [0.2, 0.25) is 0 Å². The maximum Gasteiger partial charge on any atom is 0.160 e. The zero-order valence-electron chi connectivity index (χ0n) is 11.2. The van der Waals surface area contributed by atoms with E-state index < -0.39 is 0 Å². The Morgan fingerprint density at radius 1 is 1.26 bits per heavy atom. The fourth-order valence-corrected chi connectivity index (χ4v) is 3.09. The SMILES string of the molecule is CCC1CCCCC1Nc1ccc(N)c2nonc12. The maximum atomic E-state index is 5.87. The first-order chi connectivity index (χ1) is 9.29. The minimum absolute atomic E-state index is 0.516. The second-order valence-electron chi connectivity index (χ2n) is 5.37. The molecule has 0 spiro atoms. The molecular formula is C14H20N4O. The molecule has 2 aromatic rings. The van der Waals surface area contributed by atoms with Crippen LogP contribution in [0, 0.1) is 5.92 Å². The Hall–Kier alpha value is -1.78. The van der Waals surface area contributed by atoms with E-state index in [1.807, 2.05) is 12.1 Å². The zero-order valence-corrected chi connectivity index (χ0v) is 11.2. The molecule has 19 heavy (non-hydrogen) atoms. The van der Waals surface area contributed by atoms with Crippen LogP contribution in [0.4, 0.5) is 11.4 Å². The van der Waals surface area contributed by atoms with Crippen LogP contribution in [-0.4, -0.2) is 16.4 Å². The summed E-state index contributed by atoms with van der Waals surface area (Å²) >= 11 is 0. The highest BCUT2D eigenvalue weighted by Crippen LogP contribution is 2.32. The molecule has 0 amide bonds. The van der Waals surface area contributed by atoms with Crippen LogP contribution in [0.3, 0.4) is 0 Å². The molecule has 102 valence electrons. The van der Waals surface area contributed by atoms with E-state index in [0.717, 1.165) is 17.1 Å². The molecule has 5 nitrogen and oxygen atoms in total. The molecule has 0 saturated heterocycles. The van der Waals surface area contributed by atoms with Gasteiger partial charge in [0, 0.05) is 6.04 Å². The van der Waals surface area contributed by atoms with Crippen molar-refractivity contribution < 1.29 is 4.63 Å². The number of hydrogen-bond acceptors (Lipinski definition) is 5. The number of fused-ring (bicyclic) bond motifs is 1. The highest BCUT2D eigenvalue weighted by molar-refractivity contribution is 5.95. The van der Waals surface area contributed by atoms with Crippen molar-refractivity contribution in [2.24, 2.45) is 5.92 Å². The summed E-state index contributed by atoms with van der Waals surface area (Å²) in [7, 11) is 0. The Labute approximate surface area is 112 Å². The molecule has 0 aliphatic heterocycles. The fraction of sp³-hybridized carbons (Fsp3) is 0.571. The Balaban J connectivity index is 1.88. The van der Waals surface area contributed by atoms with Crippen LogP contribution in [0.5, 0.6) is 0 Å². The average Bonchev–Trinajstić information content (AvgIpc) is 2.93. The largest absolute Gasteiger partial charge is 0.397 e. The van der Waals surface area contributed by atoms with Gasteiger partial charge in [-0.1, -0.05) is 26.2 Å². The van der Waals surface area contributed by atoms with E-state index in [0.29, 0.717) is 17.2 Å². The summed E-state index contributed by atoms with van der Waals surface area (Å²) in [5.74, 6) is 0.737. The number of benzene rings is 1. The van der Waals surface area contributed by atoms with Crippen molar-refractivity contribution in [1.29, 1.82) is 0 Å². The van der Waals surface area contributed by atoms with Gasteiger partial charge in [-0.05, 0) is 41.2 Å². The summed E-state index contributed by atoms with van der Waals surface area (Å²) in [4.78, 5) is 0. The number of nitrogens with zero attached hydrogens (tertiary/aromatic N) is 2. The predicted molar refractivity (Wildman–Crippen MR) is 75.9 cm³/mol. The van der Waals surface area contributed by atoms with E-state index in [-0.39, 0.29) is 0 Å². The molecule has 1 aliphatic carbocycles. The molecule has 3 rings (SSSR count). The monoisotopic (exact) mass is 260 g/mol. The van der Waals surface area contributed by atoms with E-state index in [2.05, 4.69) is 22.6 Å². The topological polar surface area (TPSA) is 77.0 Å².